The van der Waals surface area contributed by atoms with Gasteiger partial charge >= 0.3 is 0 Å². The molecule has 4 heteroatoms. The number of Topliss-reactive ketones (excluding diaryl/α,β-unsaturated/α-hetero) is 1. The maximum absolute atomic E-state index is 13.5. The second-order valence-electron chi connectivity index (χ2n) is 4.34. The van der Waals surface area contributed by atoms with Crippen LogP contribution in [0.1, 0.15) is 22.3 Å². The van der Waals surface area contributed by atoms with E-state index in [4.69, 9.17) is 0 Å². The third-order valence-electron chi connectivity index (χ3n) is 2.85. The van der Waals surface area contributed by atoms with Gasteiger partial charge in [-0.05, 0) is 19.1 Å². The van der Waals surface area contributed by atoms with E-state index in [0.717, 1.165) is 23.6 Å². The highest BCUT2D eigenvalue weighted by atomic mass is 32.2. The van der Waals surface area contributed by atoms with Gasteiger partial charge in [-0.15, -0.1) is 0 Å². The van der Waals surface area contributed by atoms with Crippen LogP contribution in [0.15, 0.2) is 18.2 Å². The molecular weight excluding hydrogens is 237 g/mol. The van der Waals surface area contributed by atoms with Gasteiger partial charge in [0, 0.05) is 30.5 Å². The summed E-state index contributed by atoms with van der Waals surface area (Å²) in [6, 6.07) is 4.86. The highest BCUT2D eigenvalue weighted by molar-refractivity contribution is 7.99. The van der Waals surface area contributed by atoms with Crippen LogP contribution in [-0.4, -0.2) is 29.9 Å². The van der Waals surface area contributed by atoms with E-state index in [1.807, 2.05) is 18.7 Å². The zero-order valence-corrected chi connectivity index (χ0v) is 10.6. The van der Waals surface area contributed by atoms with Gasteiger partial charge in [0.05, 0.1) is 5.56 Å². The molecule has 1 unspecified atom stereocenters. The molecule has 0 saturated carbocycles. The molecule has 0 bridgehead atoms. The SMILES string of the molecule is Cc1ccc(F)c(C(=O)CC2CSCCN2)c1. The first-order chi connectivity index (χ1) is 8.16. The van der Waals surface area contributed by atoms with Crippen molar-refractivity contribution in [3.63, 3.8) is 0 Å². The number of thioether (sulfide) groups is 1. The molecule has 2 rings (SSSR count). The van der Waals surface area contributed by atoms with Crippen molar-refractivity contribution in [2.24, 2.45) is 0 Å². The van der Waals surface area contributed by atoms with Gasteiger partial charge in [0.2, 0.25) is 0 Å². The fourth-order valence-corrected chi connectivity index (χ4v) is 2.89. The van der Waals surface area contributed by atoms with Crippen LogP contribution in [0.25, 0.3) is 0 Å². The van der Waals surface area contributed by atoms with Gasteiger partial charge in [-0.1, -0.05) is 11.6 Å². The smallest absolute Gasteiger partial charge is 0.167 e. The van der Waals surface area contributed by atoms with E-state index >= 15 is 0 Å². The lowest BCUT2D eigenvalue weighted by Crippen LogP contribution is -2.39. The van der Waals surface area contributed by atoms with Gasteiger partial charge in [0.15, 0.2) is 5.78 Å². The van der Waals surface area contributed by atoms with E-state index in [1.165, 1.54) is 6.07 Å². The minimum absolute atomic E-state index is 0.105. The van der Waals surface area contributed by atoms with E-state index in [1.54, 1.807) is 12.1 Å². The van der Waals surface area contributed by atoms with Crippen molar-refractivity contribution in [3.8, 4) is 0 Å². The van der Waals surface area contributed by atoms with E-state index in [0.29, 0.717) is 6.42 Å². The highest BCUT2D eigenvalue weighted by Gasteiger charge is 2.19. The first-order valence-electron chi connectivity index (χ1n) is 5.77. The van der Waals surface area contributed by atoms with Gasteiger partial charge in [-0.2, -0.15) is 11.8 Å². The Hall–Kier alpha value is -0.870. The molecule has 1 aliphatic rings. The Kier molecular flexibility index (Phi) is 4.18. The first-order valence-corrected chi connectivity index (χ1v) is 6.93. The van der Waals surface area contributed by atoms with Crippen molar-refractivity contribution in [1.29, 1.82) is 0 Å². The van der Waals surface area contributed by atoms with Crippen LogP contribution >= 0.6 is 11.8 Å². The number of halogens is 1. The number of carbonyl (C=O) groups is 1. The van der Waals surface area contributed by atoms with E-state index in [9.17, 15) is 9.18 Å². The quantitative estimate of drug-likeness (QED) is 0.839. The van der Waals surface area contributed by atoms with Crippen LogP contribution in [0.4, 0.5) is 4.39 Å². The van der Waals surface area contributed by atoms with Crippen molar-refractivity contribution in [2.75, 3.05) is 18.1 Å². The number of benzene rings is 1. The lowest BCUT2D eigenvalue weighted by molar-refractivity contribution is 0.0968. The Balaban J connectivity index is 2.05. The Morgan fingerprint density at radius 3 is 3.12 bits per heavy atom. The highest BCUT2D eigenvalue weighted by Crippen LogP contribution is 2.16. The number of rotatable bonds is 3. The molecular formula is C13H16FNOS. The molecule has 1 fully saturated rings. The van der Waals surface area contributed by atoms with E-state index < -0.39 is 5.82 Å². The summed E-state index contributed by atoms with van der Waals surface area (Å²) < 4.78 is 13.5. The van der Waals surface area contributed by atoms with Gasteiger partial charge in [0.1, 0.15) is 5.82 Å². The molecule has 1 aromatic rings. The van der Waals surface area contributed by atoms with Crippen LogP contribution in [-0.2, 0) is 0 Å². The molecule has 1 aromatic carbocycles. The zero-order valence-electron chi connectivity index (χ0n) is 9.83. The van der Waals surface area contributed by atoms with Gasteiger partial charge < -0.3 is 5.32 Å². The summed E-state index contributed by atoms with van der Waals surface area (Å²) in [6.45, 7) is 2.80. The van der Waals surface area contributed by atoms with Crippen molar-refractivity contribution in [1.82, 2.24) is 5.32 Å². The molecule has 1 saturated heterocycles. The van der Waals surface area contributed by atoms with Crippen LogP contribution in [0.5, 0.6) is 0 Å². The predicted molar refractivity (Wildman–Crippen MR) is 69.2 cm³/mol. The summed E-state index contributed by atoms with van der Waals surface area (Å²) in [7, 11) is 0. The van der Waals surface area contributed by atoms with Crippen LogP contribution in [0.2, 0.25) is 0 Å². The standard InChI is InChI=1S/C13H16FNOS/c1-9-2-3-12(14)11(6-9)13(16)7-10-8-17-5-4-15-10/h2-3,6,10,15H,4-5,7-8H2,1H3. The van der Waals surface area contributed by atoms with E-state index in [-0.39, 0.29) is 17.4 Å². The third-order valence-corrected chi connectivity index (χ3v) is 3.98. The molecule has 1 aliphatic heterocycles. The number of aryl methyl sites for hydroxylation is 1. The first kappa shape index (κ1) is 12.6. The predicted octanol–water partition coefficient (Wildman–Crippen LogP) is 2.41. The maximum Gasteiger partial charge on any atom is 0.167 e. The van der Waals surface area contributed by atoms with Crippen molar-refractivity contribution < 1.29 is 9.18 Å². The van der Waals surface area contributed by atoms with Gasteiger partial charge in [-0.25, -0.2) is 4.39 Å². The molecule has 17 heavy (non-hydrogen) atoms. The summed E-state index contributed by atoms with van der Waals surface area (Å²) in [4.78, 5) is 12.0. The second kappa shape index (κ2) is 5.65. The summed E-state index contributed by atoms with van der Waals surface area (Å²) in [5, 5.41) is 3.29. The molecule has 1 heterocycles. The molecule has 1 atom stereocenters. The van der Waals surface area contributed by atoms with Crippen LogP contribution < -0.4 is 5.32 Å². The molecule has 0 radical (unpaired) electrons. The lowest BCUT2D eigenvalue weighted by atomic mass is 10.0. The largest absolute Gasteiger partial charge is 0.312 e. The van der Waals surface area contributed by atoms with Gasteiger partial charge in [0.25, 0.3) is 0 Å². The molecule has 92 valence electrons. The normalized spacial score (nSPS) is 20.2. The van der Waals surface area contributed by atoms with Crippen LogP contribution in [0.3, 0.4) is 0 Å². The van der Waals surface area contributed by atoms with Crippen LogP contribution in [0, 0.1) is 12.7 Å². The minimum atomic E-state index is -0.413. The topological polar surface area (TPSA) is 29.1 Å². The summed E-state index contributed by atoms with van der Waals surface area (Å²) in [6.07, 6.45) is 0.382. The molecule has 1 N–H and O–H groups in total. The number of ketones is 1. The molecule has 0 aromatic heterocycles. The van der Waals surface area contributed by atoms with Crippen molar-refractivity contribution in [2.45, 2.75) is 19.4 Å². The van der Waals surface area contributed by atoms with E-state index in [2.05, 4.69) is 5.32 Å². The number of hydrogen-bond acceptors (Lipinski definition) is 3. The zero-order chi connectivity index (χ0) is 12.3. The van der Waals surface area contributed by atoms with Crippen molar-refractivity contribution in [3.05, 3.63) is 35.1 Å². The Bertz CT molecular complexity index is 416. The Morgan fingerprint density at radius 2 is 2.41 bits per heavy atom. The summed E-state index contributed by atoms with van der Waals surface area (Å²) in [5.41, 5.74) is 1.14. The number of nitrogens with one attached hydrogen (secondary N) is 1. The summed E-state index contributed by atoms with van der Waals surface area (Å²) >= 11 is 1.84. The number of hydrogen-bond donors (Lipinski definition) is 1. The molecule has 0 spiro atoms. The second-order valence-corrected chi connectivity index (χ2v) is 5.49. The lowest BCUT2D eigenvalue weighted by Gasteiger charge is -2.22. The maximum atomic E-state index is 13.5. The Morgan fingerprint density at radius 1 is 1.59 bits per heavy atom. The number of carbonyl (C=O) groups excluding carboxylic acids is 1. The average Bonchev–Trinajstić information content (AvgIpc) is 2.33. The monoisotopic (exact) mass is 253 g/mol. The fraction of sp³-hybridized carbons (Fsp3) is 0.462. The summed E-state index contributed by atoms with van der Waals surface area (Å²) in [5.74, 6) is 1.50. The third kappa shape index (κ3) is 3.30. The fourth-order valence-electron chi connectivity index (χ4n) is 1.94. The minimum Gasteiger partial charge on any atom is -0.312 e. The molecule has 0 aliphatic carbocycles. The average molecular weight is 253 g/mol. The van der Waals surface area contributed by atoms with Gasteiger partial charge in [-0.3, -0.25) is 4.79 Å². The molecule has 0 amide bonds. The Labute approximate surface area is 105 Å². The van der Waals surface area contributed by atoms with Crippen molar-refractivity contribution >= 4 is 17.5 Å². The molecule has 2 nitrogen and oxygen atoms in total.